The minimum absolute atomic E-state index is 0.0701. The molecule has 0 unspecified atom stereocenters. The predicted octanol–water partition coefficient (Wildman–Crippen LogP) is 4.36. The molecule has 0 aliphatic carbocycles. The van der Waals surface area contributed by atoms with Gasteiger partial charge in [-0.1, -0.05) is 0 Å². The molecule has 20 heavy (non-hydrogen) atoms. The molecule has 6 heteroatoms. The van der Waals surface area contributed by atoms with Gasteiger partial charge in [0.1, 0.15) is 11.3 Å². The number of aromatic nitrogens is 2. The lowest BCUT2D eigenvalue weighted by Gasteiger charge is -2.08. The Morgan fingerprint density at radius 2 is 2.15 bits per heavy atom. The van der Waals surface area contributed by atoms with Gasteiger partial charge in [-0.05, 0) is 35.9 Å². The van der Waals surface area contributed by atoms with Crippen molar-refractivity contribution >= 4 is 34.1 Å². The van der Waals surface area contributed by atoms with E-state index in [1.807, 2.05) is 11.8 Å². The molecule has 2 aromatic heterocycles. The molecular weight excluding hydrogens is 298 g/mol. The lowest BCUT2D eigenvalue weighted by Crippen LogP contribution is -1.96. The Morgan fingerprint density at radius 3 is 3.00 bits per heavy atom. The van der Waals surface area contributed by atoms with E-state index in [1.54, 1.807) is 11.3 Å². The number of aryl methyl sites for hydroxylation is 1. The minimum Gasteiger partial charge on any atom is -0.337 e. The lowest BCUT2D eigenvalue weighted by atomic mass is 10.2. The minimum atomic E-state index is -0.887. The summed E-state index contributed by atoms with van der Waals surface area (Å²) in [5, 5.41) is 0. The molecule has 0 fully saturated rings. The molecular formula is C14H10F2N2S2. The highest BCUT2D eigenvalue weighted by atomic mass is 32.2. The first-order valence-corrected chi connectivity index (χ1v) is 8.23. The maximum Gasteiger partial charge on any atom is 0.186 e. The van der Waals surface area contributed by atoms with E-state index in [9.17, 15) is 8.78 Å². The molecule has 2 nitrogen and oxygen atoms in total. The molecule has 0 saturated heterocycles. The fourth-order valence-corrected chi connectivity index (χ4v) is 4.72. The molecule has 0 saturated carbocycles. The number of rotatable bonds is 1. The molecule has 0 spiro atoms. The maximum absolute atomic E-state index is 13.7. The molecule has 1 aliphatic rings. The second-order valence-electron chi connectivity index (χ2n) is 4.70. The van der Waals surface area contributed by atoms with Crippen LogP contribution in [0.4, 0.5) is 8.78 Å². The lowest BCUT2D eigenvalue weighted by molar-refractivity contribution is 0.515. The van der Waals surface area contributed by atoms with Gasteiger partial charge in [-0.2, -0.15) is 11.8 Å². The summed E-state index contributed by atoms with van der Waals surface area (Å²) in [6.07, 6.45) is 1.08. The average Bonchev–Trinajstić information content (AvgIpc) is 3.06. The quantitative estimate of drug-likeness (QED) is 0.723. The molecule has 0 bridgehead atoms. The molecule has 3 heterocycles. The second kappa shape index (κ2) is 4.56. The van der Waals surface area contributed by atoms with E-state index < -0.39 is 11.6 Å². The average molecular weight is 308 g/mol. The van der Waals surface area contributed by atoms with E-state index in [-0.39, 0.29) is 5.52 Å². The van der Waals surface area contributed by atoms with Crippen molar-refractivity contribution in [2.45, 2.75) is 12.2 Å². The topological polar surface area (TPSA) is 28.7 Å². The molecule has 0 radical (unpaired) electrons. The van der Waals surface area contributed by atoms with Gasteiger partial charge in [0.25, 0.3) is 0 Å². The number of halogens is 2. The standard InChI is InChI=1S/C14H10F2N2S2/c15-8-1-2-9-13(12(8)16)18-14(17-9)11-5-7-6-19-4-3-10(7)20-11/h1-2,5H,3-4,6H2,(H,17,18). The third-order valence-corrected chi connectivity index (χ3v) is 5.66. The van der Waals surface area contributed by atoms with Crippen molar-refractivity contribution in [2.75, 3.05) is 5.75 Å². The van der Waals surface area contributed by atoms with Gasteiger partial charge < -0.3 is 4.98 Å². The van der Waals surface area contributed by atoms with Crippen LogP contribution < -0.4 is 0 Å². The van der Waals surface area contributed by atoms with Crippen LogP contribution >= 0.6 is 23.1 Å². The number of aromatic amines is 1. The zero-order valence-electron chi connectivity index (χ0n) is 10.4. The highest BCUT2D eigenvalue weighted by molar-refractivity contribution is 7.98. The molecule has 102 valence electrons. The normalized spacial score (nSPS) is 14.7. The molecule has 0 atom stereocenters. The number of benzene rings is 1. The second-order valence-corrected chi connectivity index (χ2v) is 6.95. The zero-order valence-corrected chi connectivity index (χ0v) is 12.0. The van der Waals surface area contributed by atoms with Gasteiger partial charge in [-0.25, -0.2) is 13.8 Å². The van der Waals surface area contributed by atoms with Crippen LogP contribution in [0.25, 0.3) is 21.7 Å². The third kappa shape index (κ3) is 1.86. The number of fused-ring (bicyclic) bond motifs is 2. The highest BCUT2D eigenvalue weighted by Gasteiger charge is 2.18. The third-order valence-electron chi connectivity index (χ3n) is 3.41. The van der Waals surface area contributed by atoms with Gasteiger partial charge >= 0.3 is 0 Å². The smallest absolute Gasteiger partial charge is 0.186 e. The van der Waals surface area contributed by atoms with Gasteiger partial charge in [0.15, 0.2) is 11.6 Å². The number of H-pyrrole nitrogens is 1. The van der Waals surface area contributed by atoms with E-state index >= 15 is 0 Å². The largest absolute Gasteiger partial charge is 0.337 e. The number of hydrogen-bond donors (Lipinski definition) is 1. The molecule has 4 rings (SSSR count). The van der Waals surface area contributed by atoms with Crippen molar-refractivity contribution in [3.63, 3.8) is 0 Å². The van der Waals surface area contributed by atoms with Crippen LogP contribution in [0.5, 0.6) is 0 Å². The number of thioether (sulfide) groups is 1. The first kappa shape index (κ1) is 12.3. The van der Waals surface area contributed by atoms with Crippen LogP contribution in [-0.2, 0) is 12.2 Å². The van der Waals surface area contributed by atoms with Gasteiger partial charge in [0.05, 0.1) is 10.4 Å². The van der Waals surface area contributed by atoms with Crippen LogP contribution in [-0.4, -0.2) is 15.7 Å². The van der Waals surface area contributed by atoms with Crippen molar-refractivity contribution in [3.05, 3.63) is 40.3 Å². The Kier molecular flexibility index (Phi) is 2.82. The van der Waals surface area contributed by atoms with Crippen LogP contribution in [0.1, 0.15) is 10.4 Å². The monoisotopic (exact) mass is 308 g/mol. The van der Waals surface area contributed by atoms with E-state index in [1.165, 1.54) is 16.5 Å². The number of hydrogen-bond acceptors (Lipinski definition) is 3. The number of imidazole rings is 1. The molecule has 1 aliphatic heterocycles. The maximum atomic E-state index is 13.7. The highest BCUT2D eigenvalue weighted by Crippen LogP contribution is 2.36. The summed E-state index contributed by atoms with van der Waals surface area (Å²) in [5.74, 6) is 1.04. The van der Waals surface area contributed by atoms with Crippen LogP contribution in [0.3, 0.4) is 0 Å². The van der Waals surface area contributed by atoms with Gasteiger partial charge in [0.2, 0.25) is 0 Å². The summed E-state index contributed by atoms with van der Waals surface area (Å²) in [6, 6.07) is 4.75. The summed E-state index contributed by atoms with van der Waals surface area (Å²) in [7, 11) is 0. The Hall–Kier alpha value is -1.40. The Balaban J connectivity index is 1.86. The number of nitrogens with one attached hydrogen (secondary N) is 1. The van der Waals surface area contributed by atoms with Crippen LogP contribution in [0.2, 0.25) is 0 Å². The Bertz CT molecular complexity index is 783. The molecule has 1 N–H and O–H groups in total. The fourth-order valence-electron chi connectivity index (χ4n) is 2.40. The van der Waals surface area contributed by atoms with E-state index in [4.69, 9.17) is 0 Å². The molecule has 0 amide bonds. The molecule has 3 aromatic rings. The molecule has 1 aromatic carbocycles. The fraction of sp³-hybridized carbons (Fsp3) is 0.214. The van der Waals surface area contributed by atoms with Crippen molar-refractivity contribution in [3.8, 4) is 10.7 Å². The number of nitrogens with zero attached hydrogens (tertiary/aromatic N) is 1. The van der Waals surface area contributed by atoms with E-state index in [0.717, 1.165) is 28.9 Å². The van der Waals surface area contributed by atoms with E-state index in [2.05, 4.69) is 16.0 Å². The van der Waals surface area contributed by atoms with Crippen LogP contribution in [0.15, 0.2) is 18.2 Å². The van der Waals surface area contributed by atoms with Crippen LogP contribution in [0, 0.1) is 11.6 Å². The Labute approximate surface area is 122 Å². The first-order valence-electron chi connectivity index (χ1n) is 6.26. The summed E-state index contributed by atoms with van der Waals surface area (Å²) < 4.78 is 26.9. The van der Waals surface area contributed by atoms with Crippen molar-refractivity contribution in [1.82, 2.24) is 9.97 Å². The summed E-state index contributed by atoms with van der Waals surface area (Å²) >= 11 is 3.61. The predicted molar refractivity (Wildman–Crippen MR) is 79.2 cm³/mol. The first-order chi connectivity index (χ1) is 9.72. The zero-order chi connectivity index (χ0) is 13.7. The van der Waals surface area contributed by atoms with Gasteiger partial charge in [-0.15, -0.1) is 11.3 Å². The summed E-state index contributed by atoms with van der Waals surface area (Å²) in [6.45, 7) is 0. The van der Waals surface area contributed by atoms with Crippen molar-refractivity contribution < 1.29 is 8.78 Å². The van der Waals surface area contributed by atoms with Gasteiger partial charge in [-0.3, -0.25) is 0 Å². The number of thiophene rings is 1. The summed E-state index contributed by atoms with van der Waals surface area (Å²) in [5.41, 5.74) is 1.94. The van der Waals surface area contributed by atoms with E-state index in [0.29, 0.717) is 11.3 Å². The SMILES string of the molecule is Fc1ccc2[nH]c(-c3cc4c(s3)CCSC4)nc2c1F. The van der Waals surface area contributed by atoms with Crippen molar-refractivity contribution in [2.24, 2.45) is 0 Å². The van der Waals surface area contributed by atoms with Crippen molar-refractivity contribution in [1.29, 1.82) is 0 Å². The summed E-state index contributed by atoms with van der Waals surface area (Å²) in [4.78, 5) is 9.67. The Morgan fingerprint density at radius 1 is 1.25 bits per heavy atom. The van der Waals surface area contributed by atoms with Gasteiger partial charge in [0, 0.05) is 10.6 Å².